The number of fused-ring (bicyclic) bond motifs is 1. The molecule has 164 valence electrons. The smallest absolute Gasteiger partial charge is 0.395 e. The van der Waals surface area contributed by atoms with Gasteiger partial charge in [0.25, 0.3) is 5.56 Å². The number of aliphatic hydroxyl groups is 1. The molecular formula is C20H21F3N6O2. The highest BCUT2D eigenvalue weighted by molar-refractivity contribution is 5.90. The van der Waals surface area contributed by atoms with E-state index in [1.54, 1.807) is 6.07 Å². The van der Waals surface area contributed by atoms with Crippen molar-refractivity contribution < 1.29 is 18.3 Å². The number of benzene rings is 1. The zero-order valence-electron chi connectivity index (χ0n) is 16.5. The molecule has 2 aromatic heterocycles. The van der Waals surface area contributed by atoms with Crippen LogP contribution in [0.5, 0.6) is 0 Å². The normalized spacial score (nSPS) is 15.4. The van der Waals surface area contributed by atoms with Gasteiger partial charge >= 0.3 is 6.18 Å². The summed E-state index contributed by atoms with van der Waals surface area (Å²) in [4.78, 5) is 28.1. The Kier molecular flexibility index (Phi) is 5.79. The molecule has 1 aliphatic rings. The zero-order valence-corrected chi connectivity index (χ0v) is 16.5. The van der Waals surface area contributed by atoms with Gasteiger partial charge in [0.2, 0.25) is 5.95 Å². The lowest BCUT2D eigenvalue weighted by atomic mass is 10.2. The van der Waals surface area contributed by atoms with Crippen LogP contribution in [0.3, 0.4) is 0 Å². The molecule has 0 atom stereocenters. The summed E-state index contributed by atoms with van der Waals surface area (Å²) in [5.74, 6) is 0.649. The van der Waals surface area contributed by atoms with E-state index in [4.69, 9.17) is 5.11 Å². The Morgan fingerprint density at radius 3 is 2.42 bits per heavy atom. The number of hydrogen-bond donors (Lipinski definition) is 3. The summed E-state index contributed by atoms with van der Waals surface area (Å²) in [7, 11) is 0. The van der Waals surface area contributed by atoms with Crippen LogP contribution in [-0.4, -0.2) is 64.3 Å². The largest absolute Gasteiger partial charge is 0.416 e. The van der Waals surface area contributed by atoms with Crippen molar-refractivity contribution >= 4 is 28.4 Å². The molecule has 0 radical (unpaired) electrons. The lowest BCUT2D eigenvalue weighted by Crippen LogP contribution is -2.47. The summed E-state index contributed by atoms with van der Waals surface area (Å²) in [6, 6.07) is 6.18. The van der Waals surface area contributed by atoms with Crippen LogP contribution < -0.4 is 15.8 Å². The minimum absolute atomic E-state index is 0.0937. The van der Waals surface area contributed by atoms with E-state index in [1.165, 1.54) is 18.3 Å². The fourth-order valence-corrected chi connectivity index (χ4v) is 3.50. The standard InChI is InChI=1S/C20H21F3N6O2/c21-20(22,23)13-1-3-14(4-2-13)25-17-16-15(5-6-24-18(16)31)26-19(27-17)29-9-7-28(8-10-29)11-12-30/h1-6,30H,7-12H2,(H,24,31)(H,25,26,27). The summed E-state index contributed by atoms with van der Waals surface area (Å²) in [5.41, 5.74) is -0.355. The molecule has 0 spiro atoms. The highest BCUT2D eigenvalue weighted by Crippen LogP contribution is 2.31. The average Bonchev–Trinajstić information content (AvgIpc) is 2.74. The second-order valence-electron chi connectivity index (χ2n) is 7.19. The minimum Gasteiger partial charge on any atom is -0.395 e. The van der Waals surface area contributed by atoms with Gasteiger partial charge in [0, 0.05) is 44.6 Å². The lowest BCUT2D eigenvalue weighted by Gasteiger charge is -2.34. The molecule has 0 aliphatic carbocycles. The van der Waals surface area contributed by atoms with E-state index in [0.717, 1.165) is 25.2 Å². The predicted octanol–water partition coefficient (Wildman–Crippen LogP) is 2.19. The van der Waals surface area contributed by atoms with Crippen molar-refractivity contribution in [3.63, 3.8) is 0 Å². The molecule has 0 saturated carbocycles. The van der Waals surface area contributed by atoms with Crippen molar-refractivity contribution in [2.24, 2.45) is 0 Å². The third-order valence-corrected chi connectivity index (χ3v) is 5.15. The number of alkyl halides is 3. The van der Waals surface area contributed by atoms with E-state index in [1.807, 2.05) is 4.90 Å². The first-order chi connectivity index (χ1) is 14.8. The number of rotatable bonds is 5. The number of nitrogens with zero attached hydrogens (tertiary/aromatic N) is 4. The fraction of sp³-hybridized carbons (Fsp3) is 0.350. The fourth-order valence-electron chi connectivity index (χ4n) is 3.50. The monoisotopic (exact) mass is 434 g/mol. The molecule has 3 N–H and O–H groups in total. The van der Waals surface area contributed by atoms with Gasteiger partial charge < -0.3 is 20.3 Å². The van der Waals surface area contributed by atoms with Crippen LogP contribution in [0.15, 0.2) is 41.3 Å². The molecule has 4 rings (SSSR count). The maximum atomic E-state index is 12.8. The van der Waals surface area contributed by atoms with Gasteiger partial charge in [-0.15, -0.1) is 0 Å². The van der Waals surface area contributed by atoms with Crippen molar-refractivity contribution in [3.8, 4) is 0 Å². The highest BCUT2D eigenvalue weighted by atomic mass is 19.4. The van der Waals surface area contributed by atoms with E-state index in [9.17, 15) is 18.0 Å². The topological polar surface area (TPSA) is 97.4 Å². The van der Waals surface area contributed by atoms with E-state index in [0.29, 0.717) is 36.8 Å². The lowest BCUT2D eigenvalue weighted by molar-refractivity contribution is -0.137. The van der Waals surface area contributed by atoms with Crippen LogP contribution in [0.2, 0.25) is 0 Å². The average molecular weight is 434 g/mol. The van der Waals surface area contributed by atoms with Gasteiger partial charge in [0.15, 0.2) is 0 Å². The molecular weight excluding hydrogens is 413 g/mol. The second kappa shape index (κ2) is 8.52. The molecule has 3 aromatic rings. The molecule has 1 fully saturated rings. The van der Waals surface area contributed by atoms with Crippen LogP contribution in [0, 0.1) is 0 Å². The molecule has 8 nitrogen and oxygen atoms in total. The first-order valence-electron chi connectivity index (χ1n) is 9.77. The Morgan fingerprint density at radius 2 is 1.77 bits per heavy atom. The van der Waals surface area contributed by atoms with Crippen LogP contribution in [0.25, 0.3) is 10.9 Å². The maximum absolute atomic E-state index is 12.8. The zero-order chi connectivity index (χ0) is 22.0. The van der Waals surface area contributed by atoms with Crippen LogP contribution >= 0.6 is 0 Å². The predicted molar refractivity (Wildman–Crippen MR) is 111 cm³/mol. The number of aromatic nitrogens is 3. The third-order valence-electron chi connectivity index (χ3n) is 5.15. The number of aliphatic hydroxyl groups excluding tert-OH is 1. The van der Waals surface area contributed by atoms with Gasteiger partial charge in [-0.2, -0.15) is 18.2 Å². The van der Waals surface area contributed by atoms with Crippen molar-refractivity contribution in [1.82, 2.24) is 19.9 Å². The van der Waals surface area contributed by atoms with Gasteiger partial charge in [-0.25, -0.2) is 4.98 Å². The van der Waals surface area contributed by atoms with Crippen molar-refractivity contribution in [2.45, 2.75) is 6.18 Å². The number of piperazine rings is 1. The Hall–Kier alpha value is -3.18. The molecule has 3 heterocycles. The van der Waals surface area contributed by atoms with Crippen LogP contribution in [0.1, 0.15) is 5.56 Å². The van der Waals surface area contributed by atoms with Crippen LogP contribution in [-0.2, 0) is 6.18 Å². The van der Waals surface area contributed by atoms with Gasteiger partial charge in [-0.3, -0.25) is 9.69 Å². The Labute approximate surface area is 175 Å². The third kappa shape index (κ3) is 4.62. The first-order valence-corrected chi connectivity index (χ1v) is 9.77. The molecule has 0 amide bonds. The number of pyridine rings is 1. The maximum Gasteiger partial charge on any atom is 0.416 e. The van der Waals surface area contributed by atoms with E-state index >= 15 is 0 Å². The molecule has 1 aliphatic heterocycles. The number of halogens is 3. The van der Waals surface area contributed by atoms with Gasteiger partial charge in [0.05, 0.1) is 17.7 Å². The number of nitrogens with one attached hydrogen (secondary N) is 2. The summed E-state index contributed by atoms with van der Waals surface area (Å²) >= 11 is 0. The van der Waals surface area contributed by atoms with Crippen molar-refractivity contribution in [2.75, 3.05) is 49.5 Å². The van der Waals surface area contributed by atoms with Gasteiger partial charge in [-0.1, -0.05) is 0 Å². The second-order valence-corrected chi connectivity index (χ2v) is 7.19. The number of aromatic amines is 1. The molecule has 1 aromatic carbocycles. The van der Waals surface area contributed by atoms with Crippen LogP contribution in [0.4, 0.5) is 30.6 Å². The quantitative estimate of drug-likeness (QED) is 0.566. The minimum atomic E-state index is -4.43. The summed E-state index contributed by atoms with van der Waals surface area (Å²) in [6.07, 6.45) is -2.94. The summed E-state index contributed by atoms with van der Waals surface area (Å²) in [5, 5.41) is 12.3. The van der Waals surface area contributed by atoms with Crippen molar-refractivity contribution in [3.05, 3.63) is 52.4 Å². The van der Waals surface area contributed by atoms with E-state index < -0.39 is 17.3 Å². The summed E-state index contributed by atoms with van der Waals surface area (Å²) < 4.78 is 38.5. The van der Waals surface area contributed by atoms with Gasteiger partial charge in [-0.05, 0) is 30.3 Å². The van der Waals surface area contributed by atoms with Gasteiger partial charge in [0.1, 0.15) is 11.2 Å². The first kappa shape index (κ1) is 21.1. The number of hydrogen-bond acceptors (Lipinski definition) is 7. The number of β-amino-alcohol motifs (C(OH)–C–C–N with tert-alkyl or cyclic N) is 1. The molecule has 31 heavy (non-hydrogen) atoms. The molecule has 11 heteroatoms. The Balaban J connectivity index is 1.66. The highest BCUT2D eigenvalue weighted by Gasteiger charge is 2.30. The SMILES string of the molecule is O=c1[nH]ccc2nc(N3CCN(CCO)CC3)nc(Nc3ccc(C(F)(F)F)cc3)c12. The molecule has 0 unspecified atom stereocenters. The molecule has 0 bridgehead atoms. The molecule has 1 saturated heterocycles. The summed E-state index contributed by atoms with van der Waals surface area (Å²) in [6.45, 7) is 3.46. The Morgan fingerprint density at radius 1 is 1.06 bits per heavy atom. The van der Waals surface area contributed by atoms with Crippen molar-refractivity contribution in [1.29, 1.82) is 0 Å². The van der Waals surface area contributed by atoms with E-state index in [-0.39, 0.29) is 17.8 Å². The van der Waals surface area contributed by atoms with E-state index in [2.05, 4.69) is 25.2 Å². The number of H-pyrrole nitrogens is 1. The number of anilines is 3. The Bertz CT molecular complexity index is 1110.